The van der Waals surface area contributed by atoms with E-state index in [1.54, 1.807) is 36.2 Å². The van der Waals surface area contributed by atoms with Crippen LogP contribution in [0.25, 0.3) is 11.0 Å². The molecule has 3 aromatic rings. The standard InChI is InChI=1S/C25H29FN4O5/c1-15-5-6-19(18(26)13-15)28-21-17-14-27-10-7-20(17)33-22(21)23(31)29-35-16-8-11-30(12-9-16)24(32)34-25(2,3)4/h5-7,10,13-14,16,28H,8-9,11-12H2,1-4H3,(H,29,31). The molecule has 2 N–H and O–H groups in total. The van der Waals surface area contributed by atoms with Gasteiger partial charge in [0.15, 0.2) is 0 Å². The zero-order valence-corrected chi connectivity index (χ0v) is 20.2. The molecule has 1 aromatic carbocycles. The fourth-order valence-electron chi connectivity index (χ4n) is 3.75. The first kappa shape index (κ1) is 24.5. The highest BCUT2D eigenvalue weighted by molar-refractivity contribution is 6.06. The number of carbonyl (C=O) groups excluding carboxylic acids is 2. The van der Waals surface area contributed by atoms with Gasteiger partial charge < -0.3 is 19.4 Å². The van der Waals surface area contributed by atoms with Gasteiger partial charge in [-0.05, 0) is 64.3 Å². The third-order valence-electron chi connectivity index (χ3n) is 5.49. The van der Waals surface area contributed by atoms with Gasteiger partial charge in [0, 0.05) is 25.5 Å². The van der Waals surface area contributed by atoms with Crippen LogP contribution in [0.4, 0.5) is 20.6 Å². The molecular formula is C25H29FN4O5. The number of furan rings is 1. The summed E-state index contributed by atoms with van der Waals surface area (Å²) >= 11 is 0. The number of nitrogens with zero attached hydrogens (tertiary/aromatic N) is 2. The van der Waals surface area contributed by atoms with Crippen molar-refractivity contribution in [2.24, 2.45) is 0 Å². The molecule has 10 heteroatoms. The minimum absolute atomic E-state index is 0.0563. The van der Waals surface area contributed by atoms with Crippen molar-refractivity contribution in [2.45, 2.75) is 52.2 Å². The van der Waals surface area contributed by atoms with Gasteiger partial charge in [-0.1, -0.05) is 6.07 Å². The van der Waals surface area contributed by atoms with Gasteiger partial charge in [0.05, 0.1) is 17.2 Å². The summed E-state index contributed by atoms with van der Waals surface area (Å²) in [5.41, 5.74) is 3.56. The zero-order valence-electron chi connectivity index (χ0n) is 20.2. The van der Waals surface area contributed by atoms with Crippen molar-refractivity contribution in [2.75, 3.05) is 18.4 Å². The second-order valence-corrected chi connectivity index (χ2v) is 9.50. The Kier molecular flexibility index (Phi) is 6.93. The lowest BCUT2D eigenvalue weighted by molar-refractivity contribution is -0.0473. The van der Waals surface area contributed by atoms with E-state index in [0.29, 0.717) is 36.9 Å². The number of hydrogen-bond acceptors (Lipinski definition) is 7. The second-order valence-electron chi connectivity index (χ2n) is 9.50. The molecule has 0 unspecified atom stereocenters. The lowest BCUT2D eigenvalue weighted by Gasteiger charge is -2.33. The second kappa shape index (κ2) is 9.91. The number of hydrogen-bond donors (Lipinski definition) is 2. The van der Waals surface area contributed by atoms with Gasteiger partial charge in [0.2, 0.25) is 5.76 Å². The first-order valence-electron chi connectivity index (χ1n) is 11.4. The molecule has 1 aliphatic rings. The first-order chi connectivity index (χ1) is 16.6. The van der Waals surface area contributed by atoms with Crippen LogP contribution in [0.2, 0.25) is 0 Å². The summed E-state index contributed by atoms with van der Waals surface area (Å²) in [6.45, 7) is 8.15. The number of halogens is 1. The quantitative estimate of drug-likeness (QED) is 0.487. The highest BCUT2D eigenvalue weighted by Gasteiger charge is 2.29. The summed E-state index contributed by atoms with van der Waals surface area (Å²) in [5, 5.41) is 3.49. The van der Waals surface area contributed by atoms with Gasteiger partial charge in [-0.3, -0.25) is 14.6 Å². The van der Waals surface area contributed by atoms with Gasteiger partial charge in [-0.15, -0.1) is 0 Å². The number of pyridine rings is 1. The van der Waals surface area contributed by atoms with Crippen LogP contribution in [-0.4, -0.2) is 46.7 Å². The molecule has 35 heavy (non-hydrogen) atoms. The van der Waals surface area contributed by atoms with E-state index >= 15 is 0 Å². The van der Waals surface area contributed by atoms with Gasteiger partial charge in [0.1, 0.15) is 22.7 Å². The Hall–Kier alpha value is -3.66. The van der Waals surface area contributed by atoms with Gasteiger partial charge in [-0.2, -0.15) is 0 Å². The smallest absolute Gasteiger partial charge is 0.410 e. The largest absolute Gasteiger partial charge is 0.448 e. The van der Waals surface area contributed by atoms with Crippen molar-refractivity contribution in [3.05, 3.63) is 53.8 Å². The molecule has 2 aromatic heterocycles. The Morgan fingerprint density at radius 2 is 1.94 bits per heavy atom. The Labute approximate surface area is 202 Å². The predicted molar refractivity (Wildman–Crippen MR) is 128 cm³/mol. The number of aryl methyl sites for hydroxylation is 1. The van der Waals surface area contributed by atoms with Crippen molar-refractivity contribution in [1.29, 1.82) is 0 Å². The van der Waals surface area contributed by atoms with Crippen LogP contribution < -0.4 is 10.8 Å². The van der Waals surface area contributed by atoms with Crippen LogP contribution in [0.5, 0.6) is 0 Å². The number of fused-ring (bicyclic) bond motifs is 1. The third-order valence-corrected chi connectivity index (χ3v) is 5.49. The fourth-order valence-corrected chi connectivity index (χ4v) is 3.75. The average molecular weight is 485 g/mol. The van der Waals surface area contributed by atoms with Crippen LogP contribution in [0.15, 0.2) is 41.1 Å². The monoisotopic (exact) mass is 484 g/mol. The fraction of sp³-hybridized carbons (Fsp3) is 0.400. The summed E-state index contributed by atoms with van der Waals surface area (Å²) in [5.74, 6) is -1.13. The van der Waals surface area contributed by atoms with Crippen molar-refractivity contribution < 1.29 is 28.0 Å². The number of carbonyl (C=O) groups is 2. The molecule has 0 spiro atoms. The number of piperidine rings is 1. The van der Waals surface area contributed by atoms with Gasteiger partial charge in [-0.25, -0.2) is 14.7 Å². The minimum Gasteiger partial charge on any atom is -0.448 e. The number of amides is 2. The van der Waals surface area contributed by atoms with Crippen molar-refractivity contribution in [3.8, 4) is 0 Å². The normalized spacial score (nSPS) is 14.7. The third kappa shape index (κ3) is 5.89. The van der Waals surface area contributed by atoms with Crippen LogP contribution in [0.3, 0.4) is 0 Å². The maximum Gasteiger partial charge on any atom is 0.410 e. The number of hydroxylamine groups is 1. The molecule has 0 saturated carbocycles. The lowest BCUT2D eigenvalue weighted by Crippen LogP contribution is -2.44. The first-order valence-corrected chi connectivity index (χ1v) is 11.4. The molecule has 2 amide bonds. The zero-order chi connectivity index (χ0) is 25.2. The Balaban J connectivity index is 1.42. The number of rotatable bonds is 5. The lowest BCUT2D eigenvalue weighted by atomic mass is 10.1. The van der Waals surface area contributed by atoms with E-state index in [1.807, 2.05) is 20.8 Å². The van der Waals surface area contributed by atoms with Crippen LogP contribution in [0, 0.1) is 12.7 Å². The molecule has 186 valence electrons. The average Bonchev–Trinajstić information content (AvgIpc) is 3.17. The molecule has 0 aliphatic carbocycles. The Morgan fingerprint density at radius 3 is 2.63 bits per heavy atom. The van der Waals surface area contributed by atoms with E-state index < -0.39 is 17.3 Å². The maximum absolute atomic E-state index is 14.5. The molecule has 4 rings (SSSR count). The molecule has 1 fully saturated rings. The molecule has 1 saturated heterocycles. The molecular weight excluding hydrogens is 455 g/mol. The Morgan fingerprint density at radius 1 is 1.20 bits per heavy atom. The summed E-state index contributed by atoms with van der Waals surface area (Å²) < 4.78 is 25.6. The van der Waals surface area contributed by atoms with Crippen LogP contribution in [0.1, 0.15) is 49.7 Å². The number of aromatic nitrogens is 1. The molecule has 3 heterocycles. The SMILES string of the molecule is Cc1ccc(Nc2c(C(=O)NOC3CCN(C(=O)OC(C)(C)C)CC3)oc3ccncc23)c(F)c1. The summed E-state index contributed by atoms with van der Waals surface area (Å²) in [7, 11) is 0. The van der Waals surface area contributed by atoms with E-state index in [1.165, 1.54) is 12.3 Å². The Bertz CT molecular complexity index is 1230. The van der Waals surface area contributed by atoms with Crippen molar-refractivity contribution >= 4 is 34.3 Å². The van der Waals surface area contributed by atoms with Gasteiger partial charge >= 0.3 is 12.0 Å². The molecule has 1 aliphatic heterocycles. The van der Waals surface area contributed by atoms with Crippen molar-refractivity contribution in [3.63, 3.8) is 0 Å². The van der Waals surface area contributed by atoms with E-state index in [-0.39, 0.29) is 29.3 Å². The maximum atomic E-state index is 14.5. The summed E-state index contributed by atoms with van der Waals surface area (Å²) in [4.78, 5) is 36.5. The summed E-state index contributed by atoms with van der Waals surface area (Å²) in [6, 6.07) is 6.38. The van der Waals surface area contributed by atoms with Crippen LogP contribution in [-0.2, 0) is 9.57 Å². The molecule has 0 bridgehead atoms. The van der Waals surface area contributed by atoms with E-state index in [2.05, 4.69) is 15.8 Å². The summed E-state index contributed by atoms with van der Waals surface area (Å²) in [6.07, 6.45) is 3.49. The number of ether oxygens (including phenoxy) is 1. The van der Waals surface area contributed by atoms with E-state index in [4.69, 9.17) is 14.0 Å². The van der Waals surface area contributed by atoms with E-state index in [0.717, 1.165) is 5.56 Å². The van der Waals surface area contributed by atoms with E-state index in [9.17, 15) is 14.0 Å². The predicted octanol–water partition coefficient (Wildman–Crippen LogP) is 5.08. The molecule has 0 atom stereocenters. The highest BCUT2D eigenvalue weighted by Crippen LogP contribution is 2.33. The number of anilines is 2. The van der Waals surface area contributed by atoms with Gasteiger partial charge in [0.25, 0.3) is 0 Å². The number of nitrogens with one attached hydrogen (secondary N) is 2. The number of likely N-dealkylation sites (tertiary alicyclic amines) is 1. The molecule has 0 radical (unpaired) electrons. The molecule has 9 nitrogen and oxygen atoms in total. The van der Waals surface area contributed by atoms with Crippen molar-refractivity contribution in [1.82, 2.24) is 15.4 Å². The highest BCUT2D eigenvalue weighted by atomic mass is 19.1. The number of benzene rings is 1. The topological polar surface area (TPSA) is 106 Å². The van der Waals surface area contributed by atoms with Crippen LogP contribution >= 0.6 is 0 Å². The minimum atomic E-state index is -0.620.